The molecule has 7 nitrogen and oxygen atoms in total. The normalized spacial score (nSPS) is 25.0. The molecule has 17 heavy (non-hydrogen) atoms. The number of nitrogens with zero attached hydrogens (tertiary/aromatic N) is 1. The fourth-order valence-electron chi connectivity index (χ4n) is 1.89. The molecule has 2 atom stereocenters. The molecule has 1 rings (SSSR count). The van der Waals surface area contributed by atoms with Gasteiger partial charge >= 0.3 is 5.97 Å². The molecular formula is C10H16N2O5. The lowest BCUT2D eigenvalue weighted by molar-refractivity contribution is -0.571. The van der Waals surface area contributed by atoms with Crippen molar-refractivity contribution in [2.75, 3.05) is 7.11 Å². The van der Waals surface area contributed by atoms with E-state index in [9.17, 15) is 19.7 Å². The van der Waals surface area contributed by atoms with Gasteiger partial charge in [0, 0.05) is 31.1 Å². The number of nitrogens with one attached hydrogen (secondary N) is 1. The molecule has 0 radical (unpaired) electrons. The molecule has 1 amide bonds. The van der Waals surface area contributed by atoms with Crippen molar-refractivity contribution in [1.29, 1.82) is 0 Å². The van der Waals surface area contributed by atoms with E-state index < -0.39 is 28.4 Å². The van der Waals surface area contributed by atoms with E-state index in [2.05, 4.69) is 10.1 Å². The lowest BCUT2D eigenvalue weighted by atomic mass is 9.78. The largest absolute Gasteiger partial charge is 0.467 e. The van der Waals surface area contributed by atoms with Crippen LogP contribution < -0.4 is 5.32 Å². The van der Waals surface area contributed by atoms with Gasteiger partial charge in [-0.25, -0.2) is 4.79 Å². The van der Waals surface area contributed by atoms with Gasteiger partial charge in [0.1, 0.15) is 6.04 Å². The number of rotatable bonds is 3. The van der Waals surface area contributed by atoms with Crippen LogP contribution in [0, 0.1) is 16.0 Å². The van der Waals surface area contributed by atoms with E-state index in [1.807, 2.05) is 0 Å². The Morgan fingerprint density at radius 1 is 1.59 bits per heavy atom. The maximum atomic E-state index is 11.4. The third kappa shape index (κ3) is 2.72. The lowest BCUT2D eigenvalue weighted by Gasteiger charge is -2.33. The van der Waals surface area contributed by atoms with Gasteiger partial charge in [-0.1, -0.05) is 0 Å². The van der Waals surface area contributed by atoms with Gasteiger partial charge in [0.15, 0.2) is 0 Å². The van der Waals surface area contributed by atoms with Crippen LogP contribution in [-0.2, 0) is 14.3 Å². The van der Waals surface area contributed by atoms with E-state index in [4.69, 9.17) is 0 Å². The molecule has 1 aliphatic rings. The molecule has 0 bridgehead atoms. The SMILES string of the molecule is COC(=O)[C@@H]1C[C@@H](C(C)(C)[N+](=O)[O-])CC(=O)N1. The van der Waals surface area contributed by atoms with Crippen LogP contribution >= 0.6 is 0 Å². The standard InChI is InChI=1S/C10H16N2O5/c1-10(2,12(15)16)6-4-7(9(14)17-3)11-8(13)5-6/h6-7H,4-5H2,1-3H3,(H,11,13)/t6-,7+/m1/s1. The first-order chi connectivity index (χ1) is 7.78. The van der Waals surface area contributed by atoms with Gasteiger partial charge in [-0.05, 0) is 6.42 Å². The average molecular weight is 244 g/mol. The Morgan fingerprint density at radius 3 is 2.65 bits per heavy atom. The summed E-state index contributed by atoms with van der Waals surface area (Å²) in [7, 11) is 1.22. The highest BCUT2D eigenvalue weighted by molar-refractivity contribution is 5.86. The van der Waals surface area contributed by atoms with E-state index in [-0.39, 0.29) is 18.7 Å². The highest BCUT2D eigenvalue weighted by Crippen LogP contribution is 2.30. The number of esters is 1. The summed E-state index contributed by atoms with van der Waals surface area (Å²) in [5, 5.41) is 13.4. The Balaban J connectivity index is 2.85. The minimum Gasteiger partial charge on any atom is -0.467 e. The van der Waals surface area contributed by atoms with Gasteiger partial charge in [0.2, 0.25) is 11.4 Å². The first kappa shape index (κ1) is 13.4. The van der Waals surface area contributed by atoms with Crippen LogP contribution in [0.2, 0.25) is 0 Å². The number of piperidine rings is 1. The number of hydrogen-bond donors (Lipinski definition) is 1. The summed E-state index contributed by atoms with van der Waals surface area (Å²) < 4.78 is 4.54. The second-order valence-corrected chi connectivity index (χ2v) is 4.69. The van der Waals surface area contributed by atoms with E-state index in [1.54, 1.807) is 0 Å². The smallest absolute Gasteiger partial charge is 0.328 e. The maximum absolute atomic E-state index is 11.4. The third-order valence-electron chi connectivity index (χ3n) is 3.24. The van der Waals surface area contributed by atoms with E-state index in [0.717, 1.165) is 0 Å². The molecule has 1 fully saturated rings. The van der Waals surface area contributed by atoms with E-state index in [0.29, 0.717) is 0 Å². The van der Waals surface area contributed by atoms with E-state index >= 15 is 0 Å². The van der Waals surface area contributed by atoms with Crippen LogP contribution in [0.25, 0.3) is 0 Å². The molecule has 0 aromatic carbocycles. The van der Waals surface area contributed by atoms with Gasteiger partial charge in [0.05, 0.1) is 7.11 Å². The number of amides is 1. The Labute approximate surface area is 98.7 Å². The summed E-state index contributed by atoms with van der Waals surface area (Å²) in [6.45, 7) is 2.93. The fourth-order valence-corrected chi connectivity index (χ4v) is 1.89. The van der Waals surface area contributed by atoms with Crippen LogP contribution in [-0.4, -0.2) is 35.5 Å². The van der Waals surface area contributed by atoms with Crippen molar-refractivity contribution in [2.24, 2.45) is 5.92 Å². The number of carbonyl (C=O) groups is 2. The Hall–Kier alpha value is -1.66. The maximum Gasteiger partial charge on any atom is 0.328 e. The molecule has 0 aromatic heterocycles. The Morgan fingerprint density at radius 2 is 2.18 bits per heavy atom. The van der Waals surface area contributed by atoms with Crippen LogP contribution in [0.4, 0.5) is 0 Å². The molecule has 0 saturated carbocycles. The summed E-state index contributed by atoms with van der Waals surface area (Å²) in [6.07, 6.45) is 0.286. The van der Waals surface area contributed by atoms with Crippen molar-refractivity contribution in [2.45, 2.75) is 38.3 Å². The Kier molecular flexibility index (Phi) is 3.69. The third-order valence-corrected chi connectivity index (χ3v) is 3.24. The topological polar surface area (TPSA) is 98.5 Å². The molecule has 0 aromatic rings. The second-order valence-electron chi connectivity index (χ2n) is 4.69. The van der Waals surface area contributed by atoms with Crippen molar-refractivity contribution >= 4 is 11.9 Å². The van der Waals surface area contributed by atoms with Crippen molar-refractivity contribution in [3.05, 3.63) is 10.1 Å². The highest BCUT2D eigenvalue weighted by Gasteiger charge is 2.46. The molecule has 0 aliphatic carbocycles. The van der Waals surface area contributed by atoms with Crippen LogP contribution in [0.3, 0.4) is 0 Å². The van der Waals surface area contributed by atoms with Crippen LogP contribution in [0.5, 0.6) is 0 Å². The molecule has 0 spiro atoms. The summed E-state index contributed by atoms with van der Waals surface area (Å²) >= 11 is 0. The predicted octanol–water partition coefficient (Wildman–Crippen LogP) is 0.109. The molecule has 7 heteroatoms. The predicted molar refractivity (Wildman–Crippen MR) is 57.7 cm³/mol. The van der Waals surface area contributed by atoms with Gasteiger partial charge in [0.25, 0.3) is 0 Å². The Bertz CT molecular complexity index is 353. The van der Waals surface area contributed by atoms with Gasteiger partial charge < -0.3 is 10.1 Å². The van der Waals surface area contributed by atoms with Crippen molar-refractivity contribution < 1.29 is 19.2 Å². The zero-order valence-electron chi connectivity index (χ0n) is 10.1. The van der Waals surface area contributed by atoms with Crippen molar-refractivity contribution in [3.8, 4) is 0 Å². The first-order valence-electron chi connectivity index (χ1n) is 5.30. The van der Waals surface area contributed by atoms with Crippen molar-refractivity contribution in [3.63, 3.8) is 0 Å². The molecule has 1 heterocycles. The number of ether oxygens (including phenoxy) is 1. The summed E-state index contributed by atoms with van der Waals surface area (Å²) in [6, 6.07) is -0.787. The van der Waals surface area contributed by atoms with Crippen molar-refractivity contribution in [1.82, 2.24) is 5.32 Å². The number of hydrogen-bond acceptors (Lipinski definition) is 5. The molecule has 1 N–H and O–H groups in total. The molecule has 1 saturated heterocycles. The van der Waals surface area contributed by atoms with E-state index in [1.165, 1.54) is 21.0 Å². The van der Waals surface area contributed by atoms with Gasteiger partial charge in [-0.2, -0.15) is 0 Å². The quantitative estimate of drug-likeness (QED) is 0.431. The fraction of sp³-hybridized carbons (Fsp3) is 0.800. The summed E-state index contributed by atoms with van der Waals surface area (Å²) in [5.41, 5.74) is -1.23. The van der Waals surface area contributed by atoms with Gasteiger partial charge in [-0.3, -0.25) is 14.9 Å². The van der Waals surface area contributed by atoms with Gasteiger partial charge in [-0.15, -0.1) is 0 Å². The van der Waals surface area contributed by atoms with Crippen LogP contribution in [0.15, 0.2) is 0 Å². The number of carbonyl (C=O) groups excluding carboxylic acids is 2. The minimum atomic E-state index is -1.23. The minimum absolute atomic E-state index is 0.0570. The first-order valence-corrected chi connectivity index (χ1v) is 5.30. The molecular weight excluding hydrogens is 228 g/mol. The average Bonchev–Trinajstić information content (AvgIpc) is 2.26. The molecule has 1 aliphatic heterocycles. The zero-order valence-corrected chi connectivity index (χ0v) is 10.1. The number of nitro groups is 1. The summed E-state index contributed by atoms with van der Waals surface area (Å²) in [5.74, 6) is -1.40. The molecule has 0 unspecified atom stereocenters. The number of methoxy groups -OCH3 is 1. The summed E-state index contributed by atoms with van der Waals surface area (Å²) in [4.78, 5) is 33.3. The lowest BCUT2D eigenvalue weighted by Crippen LogP contribution is -2.53. The zero-order chi connectivity index (χ0) is 13.2. The van der Waals surface area contributed by atoms with Crippen LogP contribution in [0.1, 0.15) is 26.7 Å². The monoisotopic (exact) mass is 244 g/mol. The molecule has 96 valence electrons. The highest BCUT2D eigenvalue weighted by atomic mass is 16.6. The second kappa shape index (κ2) is 4.68.